The first kappa shape index (κ1) is 13.8. The van der Waals surface area contributed by atoms with E-state index in [2.05, 4.69) is 17.2 Å². The standard InChI is InChI=1S/C15H23N3O/c1-4-12-6-5-7-18(10-12)15(19)13-9-17-11(2)8-14(13)16-3/h8-9,12H,4-7,10H2,1-3H3,(H,16,17). The molecule has 0 aromatic carbocycles. The molecular weight excluding hydrogens is 238 g/mol. The molecule has 19 heavy (non-hydrogen) atoms. The molecule has 0 saturated carbocycles. The molecule has 1 atom stereocenters. The molecule has 1 aliphatic rings. The van der Waals surface area contributed by atoms with Crippen molar-refractivity contribution in [2.75, 3.05) is 25.5 Å². The molecule has 1 saturated heterocycles. The van der Waals surface area contributed by atoms with Crippen LogP contribution in [0.3, 0.4) is 0 Å². The van der Waals surface area contributed by atoms with E-state index in [9.17, 15) is 4.79 Å². The van der Waals surface area contributed by atoms with E-state index < -0.39 is 0 Å². The van der Waals surface area contributed by atoms with Gasteiger partial charge in [0.15, 0.2) is 0 Å². The van der Waals surface area contributed by atoms with Crippen LogP contribution in [-0.2, 0) is 0 Å². The fourth-order valence-corrected chi connectivity index (χ4v) is 2.69. The summed E-state index contributed by atoms with van der Waals surface area (Å²) in [6.45, 7) is 5.88. The number of rotatable bonds is 3. The number of pyridine rings is 1. The van der Waals surface area contributed by atoms with Gasteiger partial charge in [-0.15, -0.1) is 0 Å². The maximum absolute atomic E-state index is 12.6. The minimum absolute atomic E-state index is 0.106. The van der Waals surface area contributed by atoms with E-state index >= 15 is 0 Å². The Balaban J connectivity index is 2.19. The number of anilines is 1. The van der Waals surface area contributed by atoms with Gasteiger partial charge in [-0.2, -0.15) is 0 Å². The van der Waals surface area contributed by atoms with E-state index in [1.807, 2.05) is 24.9 Å². The highest BCUT2D eigenvalue weighted by atomic mass is 16.2. The number of hydrogen-bond acceptors (Lipinski definition) is 3. The van der Waals surface area contributed by atoms with Crippen LogP contribution in [0.4, 0.5) is 5.69 Å². The molecule has 1 aliphatic heterocycles. The first-order valence-electron chi connectivity index (χ1n) is 7.09. The summed E-state index contributed by atoms with van der Waals surface area (Å²) >= 11 is 0. The summed E-state index contributed by atoms with van der Waals surface area (Å²) in [5.41, 5.74) is 2.48. The van der Waals surface area contributed by atoms with E-state index in [0.29, 0.717) is 11.5 Å². The van der Waals surface area contributed by atoms with Gasteiger partial charge in [-0.05, 0) is 31.7 Å². The molecular formula is C15H23N3O. The number of nitrogens with one attached hydrogen (secondary N) is 1. The number of likely N-dealkylation sites (tertiary alicyclic amines) is 1. The maximum Gasteiger partial charge on any atom is 0.257 e. The normalized spacial score (nSPS) is 19.3. The molecule has 2 rings (SSSR count). The molecule has 4 heteroatoms. The Morgan fingerprint density at radius 3 is 3.05 bits per heavy atom. The van der Waals surface area contributed by atoms with Crippen molar-refractivity contribution in [3.8, 4) is 0 Å². The van der Waals surface area contributed by atoms with Gasteiger partial charge in [0.1, 0.15) is 0 Å². The molecule has 0 spiro atoms. The number of carbonyl (C=O) groups is 1. The molecule has 1 aromatic rings. The topological polar surface area (TPSA) is 45.2 Å². The van der Waals surface area contributed by atoms with Gasteiger partial charge in [0.05, 0.1) is 11.3 Å². The quantitative estimate of drug-likeness (QED) is 0.910. The van der Waals surface area contributed by atoms with Crippen molar-refractivity contribution in [1.29, 1.82) is 0 Å². The lowest BCUT2D eigenvalue weighted by atomic mass is 9.95. The zero-order valence-corrected chi connectivity index (χ0v) is 12.1. The van der Waals surface area contributed by atoms with Crippen molar-refractivity contribution in [3.05, 3.63) is 23.5 Å². The predicted octanol–water partition coefficient (Wildman–Crippen LogP) is 2.69. The van der Waals surface area contributed by atoms with Gasteiger partial charge in [0.25, 0.3) is 5.91 Å². The zero-order valence-electron chi connectivity index (χ0n) is 12.1. The third-order valence-corrected chi connectivity index (χ3v) is 3.92. The largest absolute Gasteiger partial charge is 0.387 e. The van der Waals surface area contributed by atoms with E-state index in [4.69, 9.17) is 0 Å². The number of aryl methyl sites for hydroxylation is 1. The highest BCUT2D eigenvalue weighted by Crippen LogP contribution is 2.23. The molecule has 0 bridgehead atoms. The van der Waals surface area contributed by atoms with Gasteiger partial charge in [-0.25, -0.2) is 0 Å². The van der Waals surface area contributed by atoms with Crippen molar-refractivity contribution in [2.24, 2.45) is 5.92 Å². The van der Waals surface area contributed by atoms with Crippen LogP contribution in [0.15, 0.2) is 12.3 Å². The van der Waals surface area contributed by atoms with E-state index in [0.717, 1.165) is 37.3 Å². The number of carbonyl (C=O) groups excluding carboxylic acids is 1. The number of aromatic nitrogens is 1. The van der Waals surface area contributed by atoms with Gasteiger partial charge >= 0.3 is 0 Å². The molecule has 1 unspecified atom stereocenters. The lowest BCUT2D eigenvalue weighted by Gasteiger charge is -2.32. The van der Waals surface area contributed by atoms with Crippen molar-refractivity contribution < 1.29 is 4.79 Å². The van der Waals surface area contributed by atoms with E-state index in [1.54, 1.807) is 6.20 Å². The Morgan fingerprint density at radius 2 is 2.37 bits per heavy atom. The van der Waals surface area contributed by atoms with E-state index in [-0.39, 0.29) is 5.91 Å². The highest BCUT2D eigenvalue weighted by Gasteiger charge is 2.25. The predicted molar refractivity (Wildman–Crippen MR) is 77.4 cm³/mol. The second kappa shape index (κ2) is 6.04. The minimum Gasteiger partial charge on any atom is -0.387 e. The van der Waals surface area contributed by atoms with Crippen molar-refractivity contribution in [1.82, 2.24) is 9.88 Å². The smallest absolute Gasteiger partial charge is 0.257 e. The Morgan fingerprint density at radius 1 is 1.58 bits per heavy atom. The lowest BCUT2D eigenvalue weighted by molar-refractivity contribution is 0.0672. The summed E-state index contributed by atoms with van der Waals surface area (Å²) in [4.78, 5) is 18.8. The van der Waals surface area contributed by atoms with Crippen LogP contribution in [-0.4, -0.2) is 35.9 Å². The van der Waals surface area contributed by atoms with Crippen LogP contribution in [0.1, 0.15) is 42.2 Å². The number of nitrogens with zero attached hydrogens (tertiary/aromatic N) is 2. The Bertz CT molecular complexity index is 459. The lowest BCUT2D eigenvalue weighted by Crippen LogP contribution is -2.40. The van der Waals surface area contributed by atoms with Crippen LogP contribution in [0.2, 0.25) is 0 Å². The van der Waals surface area contributed by atoms with Crippen LogP contribution in [0.5, 0.6) is 0 Å². The van der Waals surface area contributed by atoms with Crippen LogP contribution < -0.4 is 5.32 Å². The van der Waals surface area contributed by atoms with Gasteiger partial charge in [-0.1, -0.05) is 13.3 Å². The molecule has 2 heterocycles. The SMILES string of the molecule is CCC1CCCN(C(=O)c2cnc(C)cc2NC)C1. The molecule has 1 N–H and O–H groups in total. The zero-order chi connectivity index (χ0) is 13.8. The fourth-order valence-electron chi connectivity index (χ4n) is 2.69. The Kier molecular flexibility index (Phi) is 4.40. The highest BCUT2D eigenvalue weighted by molar-refractivity contribution is 5.99. The molecule has 0 radical (unpaired) electrons. The monoisotopic (exact) mass is 261 g/mol. The van der Waals surface area contributed by atoms with E-state index in [1.165, 1.54) is 6.42 Å². The summed E-state index contributed by atoms with van der Waals surface area (Å²) in [6.07, 6.45) is 5.19. The number of amides is 1. The Hall–Kier alpha value is -1.58. The van der Waals surface area contributed by atoms with Crippen molar-refractivity contribution in [2.45, 2.75) is 33.1 Å². The molecule has 1 aromatic heterocycles. The summed E-state index contributed by atoms with van der Waals surface area (Å²) in [5.74, 6) is 0.754. The maximum atomic E-state index is 12.6. The third-order valence-electron chi connectivity index (χ3n) is 3.92. The van der Waals surface area contributed by atoms with Gasteiger partial charge < -0.3 is 10.2 Å². The summed E-state index contributed by atoms with van der Waals surface area (Å²) < 4.78 is 0. The van der Waals surface area contributed by atoms with Crippen molar-refractivity contribution >= 4 is 11.6 Å². The van der Waals surface area contributed by atoms with Crippen molar-refractivity contribution in [3.63, 3.8) is 0 Å². The first-order chi connectivity index (χ1) is 9.15. The molecule has 4 nitrogen and oxygen atoms in total. The second-order valence-corrected chi connectivity index (χ2v) is 5.29. The van der Waals surface area contributed by atoms with Gasteiger partial charge in [0, 0.05) is 32.0 Å². The average molecular weight is 261 g/mol. The minimum atomic E-state index is 0.106. The first-order valence-corrected chi connectivity index (χ1v) is 7.09. The summed E-state index contributed by atoms with van der Waals surface area (Å²) in [7, 11) is 1.84. The number of piperidine rings is 1. The second-order valence-electron chi connectivity index (χ2n) is 5.29. The Labute approximate surface area is 115 Å². The van der Waals surface area contributed by atoms with Gasteiger partial charge in [0.2, 0.25) is 0 Å². The third kappa shape index (κ3) is 3.06. The van der Waals surface area contributed by atoms with Gasteiger partial charge in [-0.3, -0.25) is 9.78 Å². The molecule has 1 amide bonds. The van der Waals surface area contributed by atoms with Crippen LogP contribution in [0, 0.1) is 12.8 Å². The number of hydrogen-bond donors (Lipinski definition) is 1. The molecule has 0 aliphatic carbocycles. The molecule has 104 valence electrons. The fraction of sp³-hybridized carbons (Fsp3) is 0.600. The average Bonchev–Trinajstić information content (AvgIpc) is 2.46. The summed E-state index contributed by atoms with van der Waals surface area (Å²) in [6, 6.07) is 1.93. The summed E-state index contributed by atoms with van der Waals surface area (Å²) in [5, 5.41) is 3.09. The molecule has 1 fully saturated rings. The van der Waals surface area contributed by atoms with Crippen LogP contribution in [0.25, 0.3) is 0 Å². The van der Waals surface area contributed by atoms with Crippen LogP contribution >= 0.6 is 0 Å².